The number of nitrogens with one attached hydrogen (secondary N) is 1. The number of thiophene rings is 1. The van der Waals surface area contributed by atoms with Crippen molar-refractivity contribution < 1.29 is 9.18 Å². The number of hydrogen-bond acceptors (Lipinski definition) is 5. The Labute approximate surface area is 175 Å². The topological polar surface area (TPSA) is 64.0 Å². The fraction of sp³-hybridized carbons (Fsp3) is 0.286. The third-order valence-electron chi connectivity index (χ3n) is 4.81. The van der Waals surface area contributed by atoms with E-state index in [4.69, 9.17) is 4.98 Å². The van der Waals surface area contributed by atoms with Gasteiger partial charge in [-0.25, -0.2) is 9.37 Å². The molecule has 2 heterocycles. The van der Waals surface area contributed by atoms with E-state index in [2.05, 4.69) is 11.9 Å². The van der Waals surface area contributed by atoms with Gasteiger partial charge in [0, 0.05) is 17.1 Å². The molecule has 5 nitrogen and oxygen atoms in total. The van der Waals surface area contributed by atoms with Gasteiger partial charge < -0.3 is 5.32 Å². The third kappa shape index (κ3) is 4.13. The van der Waals surface area contributed by atoms with Crippen molar-refractivity contribution in [2.24, 2.45) is 0 Å². The molecule has 0 bridgehead atoms. The number of aromatic nitrogens is 2. The number of halogens is 1. The van der Waals surface area contributed by atoms with Crippen molar-refractivity contribution in [3.8, 4) is 0 Å². The maximum absolute atomic E-state index is 13.2. The molecule has 0 spiro atoms. The van der Waals surface area contributed by atoms with E-state index in [0.29, 0.717) is 17.4 Å². The Kier molecular flexibility index (Phi) is 5.82. The largest absolute Gasteiger partial charge is 0.325 e. The average Bonchev–Trinajstić information content (AvgIpc) is 3.09. The molecule has 1 amide bonds. The molecule has 29 heavy (non-hydrogen) atoms. The molecule has 0 aliphatic heterocycles. The smallest absolute Gasteiger partial charge is 0.263 e. The quantitative estimate of drug-likeness (QED) is 0.359. The maximum atomic E-state index is 13.2. The SMILES string of the molecule is C=CCn1c(SCC(=O)Nc2ccc(F)cc2)nc2sc3c(c2c1=O)CCCC3. The molecule has 1 N–H and O–H groups in total. The number of nitrogens with zero attached hydrogens (tertiary/aromatic N) is 2. The molecule has 0 radical (unpaired) electrons. The van der Waals surface area contributed by atoms with Gasteiger partial charge in [-0.1, -0.05) is 17.8 Å². The minimum absolute atomic E-state index is 0.0595. The number of aryl methyl sites for hydroxylation is 2. The van der Waals surface area contributed by atoms with E-state index in [9.17, 15) is 14.0 Å². The van der Waals surface area contributed by atoms with Gasteiger partial charge in [0.25, 0.3) is 5.56 Å². The molecule has 0 fully saturated rings. The molecule has 1 aliphatic carbocycles. The Balaban J connectivity index is 1.59. The van der Waals surface area contributed by atoms with Crippen LogP contribution < -0.4 is 10.9 Å². The molecular weight excluding hydrogens is 409 g/mol. The van der Waals surface area contributed by atoms with Gasteiger partial charge in [0.15, 0.2) is 5.16 Å². The first-order chi connectivity index (χ1) is 14.1. The van der Waals surface area contributed by atoms with Crippen molar-refractivity contribution in [3.63, 3.8) is 0 Å². The normalized spacial score (nSPS) is 13.3. The summed E-state index contributed by atoms with van der Waals surface area (Å²) >= 11 is 2.81. The molecule has 1 aromatic carbocycles. The summed E-state index contributed by atoms with van der Waals surface area (Å²) in [5, 5.41) is 3.96. The first-order valence-corrected chi connectivity index (χ1v) is 11.2. The Hall–Kier alpha value is -2.45. The number of carbonyl (C=O) groups excluding carboxylic acids is 1. The number of allylic oxidation sites excluding steroid dienone is 1. The lowest BCUT2D eigenvalue weighted by Gasteiger charge is -2.12. The van der Waals surface area contributed by atoms with Crippen LogP contribution in [0, 0.1) is 5.82 Å². The number of benzene rings is 1. The van der Waals surface area contributed by atoms with Crippen molar-refractivity contribution >= 4 is 44.9 Å². The predicted molar refractivity (Wildman–Crippen MR) is 116 cm³/mol. The summed E-state index contributed by atoms with van der Waals surface area (Å²) in [5.41, 5.74) is 1.61. The summed E-state index contributed by atoms with van der Waals surface area (Å²) in [4.78, 5) is 32.2. The van der Waals surface area contributed by atoms with Crippen LogP contribution in [0.1, 0.15) is 23.3 Å². The highest BCUT2D eigenvalue weighted by atomic mass is 32.2. The number of rotatable bonds is 6. The van der Waals surface area contributed by atoms with Crippen LogP contribution in [0.4, 0.5) is 10.1 Å². The number of hydrogen-bond donors (Lipinski definition) is 1. The summed E-state index contributed by atoms with van der Waals surface area (Å²) < 4.78 is 14.6. The van der Waals surface area contributed by atoms with Crippen LogP contribution in [0.25, 0.3) is 10.2 Å². The summed E-state index contributed by atoms with van der Waals surface area (Å²) in [5.74, 6) is -0.508. The van der Waals surface area contributed by atoms with Gasteiger partial charge in [0.05, 0.1) is 11.1 Å². The summed E-state index contributed by atoms with van der Waals surface area (Å²) in [7, 11) is 0. The van der Waals surface area contributed by atoms with Crippen molar-refractivity contribution in [1.29, 1.82) is 0 Å². The van der Waals surface area contributed by atoms with Gasteiger partial charge in [0.2, 0.25) is 5.91 Å². The van der Waals surface area contributed by atoms with Gasteiger partial charge in [-0.05, 0) is 55.5 Å². The highest BCUT2D eigenvalue weighted by molar-refractivity contribution is 7.99. The molecule has 8 heteroatoms. The highest BCUT2D eigenvalue weighted by Gasteiger charge is 2.22. The van der Waals surface area contributed by atoms with Crippen LogP contribution in [-0.2, 0) is 24.2 Å². The molecule has 150 valence electrons. The van der Waals surface area contributed by atoms with Gasteiger partial charge in [-0.15, -0.1) is 17.9 Å². The molecule has 0 atom stereocenters. The van der Waals surface area contributed by atoms with Crippen molar-refractivity contribution in [3.05, 3.63) is 63.5 Å². The third-order valence-corrected chi connectivity index (χ3v) is 6.97. The van der Waals surface area contributed by atoms with Crippen LogP contribution >= 0.6 is 23.1 Å². The van der Waals surface area contributed by atoms with Gasteiger partial charge in [-0.2, -0.15) is 0 Å². The molecule has 4 rings (SSSR count). The van der Waals surface area contributed by atoms with Crippen LogP contribution in [0.3, 0.4) is 0 Å². The van der Waals surface area contributed by atoms with E-state index >= 15 is 0 Å². The molecule has 0 unspecified atom stereocenters. The first kappa shape index (κ1) is 19.8. The molecule has 0 saturated heterocycles. The molecule has 0 saturated carbocycles. The predicted octanol–water partition coefficient (Wildman–Crippen LogP) is 4.39. The molecular formula is C21H20FN3O2S2. The minimum Gasteiger partial charge on any atom is -0.325 e. The number of fused-ring (bicyclic) bond motifs is 3. The van der Waals surface area contributed by atoms with E-state index in [1.54, 1.807) is 22.0 Å². The van der Waals surface area contributed by atoms with E-state index < -0.39 is 0 Å². The second-order valence-corrected chi connectivity index (χ2v) is 8.86. The second-order valence-electron chi connectivity index (χ2n) is 6.83. The van der Waals surface area contributed by atoms with E-state index in [-0.39, 0.29) is 23.0 Å². The first-order valence-electron chi connectivity index (χ1n) is 9.41. The summed E-state index contributed by atoms with van der Waals surface area (Å²) in [6, 6.07) is 5.59. The standard InChI is InChI=1S/C21H20FN3O2S2/c1-2-11-25-20(27)18-15-5-3-4-6-16(15)29-19(18)24-21(25)28-12-17(26)23-14-9-7-13(22)8-10-14/h2,7-10H,1,3-6,11-12H2,(H,23,26). The summed E-state index contributed by atoms with van der Waals surface area (Å²) in [6.45, 7) is 4.09. The summed E-state index contributed by atoms with van der Waals surface area (Å²) in [6.07, 6.45) is 5.83. The van der Waals surface area contributed by atoms with Crippen molar-refractivity contribution in [2.45, 2.75) is 37.4 Å². The van der Waals surface area contributed by atoms with Crippen LogP contribution in [0.2, 0.25) is 0 Å². The Morgan fingerprint density at radius 3 is 2.83 bits per heavy atom. The van der Waals surface area contributed by atoms with E-state index in [0.717, 1.165) is 41.5 Å². The zero-order valence-electron chi connectivity index (χ0n) is 15.7. The average molecular weight is 430 g/mol. The number of anilines is 1. The van der Waals surface area contributed by atoms with Crippen LogP contribution in [0.5, 0.6) is 0 Å². The lowest BCUT2D eigenvalue weighted by Crippen LogP contribution is -2.24. The van der Waals surface area contributed by atoms with Crippen LogP contribution in [-0.4, -0.2) is 21.2 Å². The monoisotopic (exact) mass is 429 g/mol. The zero-order chi connectivity index (χ0) is 20.4. The fourth-order valence-electron chi connectivity index (χ4n) is 3.48. The number of amides is 1. The lowest BCUT2D eigenvalue weighted by atomic mass is 9.97. The van der Waals surface area contributed by atoms with Crippen molar-refractivity contribution in [2.75, 3.05) is 11.1 Å². The fourth-order valence-corrected chi connectivity index (χ4v) is 5.59. The van der Waals surface area contributed by atoms with Crippen molar-refractivity contribution in [1.82, 2.24) is 9.55 Å². The van der Waals surface area contributed by atoms with Crippen LogP contribution in [0.15, 0.2) is 46.9 Å². The van der Waals surface area contributed by atoms with Gasteiger partial charge >= 0.3 is 0 Å². The molecule has 3 aromatic rings. The van der Waals surface area contributed by atoms with E-state index in [1.165, 1.54) is 40.9 Å². The molecule has 2 aromatic heterocycles. The Morgan fingerprint density at radius 2 is 2.07 bits per heavy atom. The second kappa shape index (κ2) is 8.51. The molecule has 1 aliphatic rings. The Bertz CT molecular complexity index is 1140. The zero-order valence-corrected chi connectivity index (χ0v) is 17.4. The number of carbonyl (C=O) groups is 1. The minimum atomic E-state index is -0.359. The number of thioether (sulfide) groups is 1. The lowest BCUT2D eigenvalue weighted by molar-refractivity contribution is -0.113. The maximum Gasteiger partial charge on any atom is 0.263 e. The highest BCUT2D eigenvalue weighted by Crippen LogP contribution is 2.34. The Morgan fingerprint density at radius 1 is 1.31 bits per heavy atom. The van der Waals surface area contributed by atoms with E-state index in [1.807, 2.05) is 0 Å². The van der Waals surface area contributed by atoms with Gasteiger partial charge in [-0.3, -0.25) is 14.2 Å². The van der Waals surface area contributed by atoms with Gasteiger partial charge in [0.1, 0.15) is 10.6 Å².